The van der Waals surface area contributed by atoms with Crippen molar-refractivity contribution < 1.29 is 9.59 Å². The minimum atomic E-state index is 0.0178. The molecule has 2 amide bonds. The van der Waals surface area contributed by atoms with Gasteiger partial charge in [0.2, 0.25) is 11.8 Å². The molecule has 1 saturated carbocycles. The normalized spacial score (nSPS) is 27.8. The minimum Gasteiger partial charge on any atom is -0.356 e. The molecular formula is C14H22N2O2S. The molecule has 5 heteroatoms. The first-order chi connectivity index (χ1) is 9.24. The summed E-state index contributed by atoms with van der Waals surface area (Å²) in [5.41, 5.74) is 0. The monoisotopic (exact) mass is 282 g/mol. The molecule has 1 N–H and O–H groups in total. The molecule has 0 aromatic heterocycles. The third kappa shape index (κ3) is 3.25. The lowest BCUT2D eigenvalue weighted by atomic mass is 9.96. The van der Waals surface area contributed by atoms with Gasteiger partial charge in [-0.05, 0) is 31.6 Å². The van der Waals surface area contributed by atoms with Crippen LogP contribution < -0.4 is 5.32 Å². The van der Waals surface area contributed by atoms with Crippen LogP contribution in [-0.2, 0) is 9.59 Å². The van der Waals surface area contributed by atoms with Crippen LogP contribution >= 0.6 is 11.8 Å². The number of carbonyl (C=O) groups is 2. The Hall–Kier alpha value is -0.710. The fraction of sp³-hybridized carbons (Fsp3) is 0.857. The van der Waals surface area contributed by atoms with E-state index in [1.807, 2.05) is 16.7 Å². The Labute approximate surface area is 118 Å². The average Bonchev–Trinajstić information content (AvgIpc) is 3.18. The molecule has 106 valence electrons. The quantitative estimate of drug-likeness (QED) is 0.840. The van der Waals surface area contributed by atoms with E-state index in [4.69, 9.17) is 0 Å². The van der Waals surface area contributed by atoms with E-state index in [9.17, 15) is 9.59 Å². The van der Waals surface area contributed by atoms with Crippen molar-refractivity contribution in [2.24, 2.45) is 17.8 Å². The highest BCUT2D eigenvalue weighted by Gasteiger charge is 2.34. The summed E-state index contributed by atoms with van der Waals surface area (Å²) in [6.07, 6.45) is 4.41. The van der Waals surface area contributed by atoms with Gasteiger partial charge in [-0.2, -0.15) is 11.8 Å². The number of hydrogen-bond acceptors (Lipinski definition) is 3. The van der Waals surface area contributed by atoms with Gasteiger partial charge in [0, 0.05) is 31.1 Å². The van der Waals surface area contributed by atoms with Crippen LogP contribution in [0.2, 0.25) is 0 Å². The molecule has 2 heterocycles. The van der Waals surface area contributed by atoms with Crippen molar-refractivity contribution in [3.63, 3.8) is 0 Å². The molecule has 0 aromatic rings. The Bertz CT molecular complexity index is 366. The second-order valence-corrected chi connectivity index (χ2v) is 7.12. The molecule has 0 aromatic carbocycles. The molecule has 4 nitrogen and oxygen atoms in total. The highest BCUT2D eigenvalue weighted by Crippen LogP contribution is 2.29. The maximum atomic E-state index is 12.2. The number of piperidine rings is 1. The number of likely N-dealkylation sites (tertiary alicyclic amines) is 1. The summed E-state index contributed by atoms with van der Waals surface area (Å²) in [5.74, 6) is 3.33. The van der Waals surface area contributed by atoms with E-state index >= 15 is 0 Å². The van der Waals surface area contributed by atoms with Gasteiger partial charge < -0.3 is 10.2 Å². The molecule has 3 aliphatic rings. The van der Waals surface area contributed by atoms with Gasteiger partial charge in [0.25, 0.3) is 0 Å². The summed E-state index contributed by atoms with van der Waals surface area (Å²) in [5, 5.41) is 3.05. The van der Waals surface area contributed by atoms with Crippen molar-refractivity contribution in [2.45, 2.75) is 25.7 Å². The lowest BCUT2D eigenvalue weighted by Gasteiger charge is -2.36. The fourth-order valence-electron chi connectivity index (χ4n) is 2.74. The smallest absolute Gasteiger partial charge is 0.227 e. The van der Waals surface area contributed by atoms with Crippen LogP contribution in [-0.4, -0.2) is 47.9 Å². The topological polar surface area (TPSA) is 49.4 Å². The molecule has 1 unspecified atom stereocenters. The third-order valence-corrected chi connectivity index (χ3v) is 5.63. The van der Waals surface area contributed by atoms with E-state index in [0.29, 0.717) is 6.54 Å². The molecule has 3 fully saturated rings. The average molecular weight is 282 g/mol. The first-order valence-electron chi connectivity index (χ1n) is 7.38. The highest BCUT2D eigenvalue weighted by atomic mass is 32.2. The minimum absolute atomic E-state index is 0.0178. The molecule has 0 radical (unpaired) electrons. The Balaban J connectivity index is 1.48. The number of rotatable bonds is 4. The van der Waals surface area contributed by atoms with Crippen LogP contribution in [0.25, 0.3) is 0 Å². The largest absolute Gasteiger partial charge is 0.356 e. The van der Waals surface area contributed by atoms with Crippen molar-refractivity contribution in [3.05, 3.63) is 0 Å². The predicted octanol–water partition coefficient (Wildman–Crippen LogP) is 1.11. The van der Waals surface area contributed by atoms with Gasteiger partial charge in [-0.25, -0.2) is 0 Å². The fourth-order valence-corrected chi connectivity index (χ4v) is 3.50. The van der Waals surface area contributed by atoms with Crippen LogP contribution in [0.5, 0.6) is 0 Å². The van der Waals surface area contributed by atoms with E-state index in [1.54, 1.807) is 0 Å². The second-order valence-electron chi connectivity index (χ2n) is 6.05. The molecule has 0 spiro atoms. The van der Waals surface area contributed by atoms with Gasteiger partial charge in [0.05, 0.1) is 11.8 Å². The van der Waals surface area contributed by atoms with Gasteiger partial charge in [0.15, 0.2) is 0 Å². The van der Waals surface area contributed by atoms with E-state index < -0.39 is 0 Å². The van der Waals surface area contributed by atoms with Crippen molar-refractivity contribution in [1.82, 2.24) is 10.2 Å². The lowest BCUT2D eigenvalue weighted by Crippen LogP contribution is -2.49. The number of nitrogens with zero attached hydrogens (tertiary/aromatic N) is 1. The summed E-state index contributed by atoms with van der Waals surface area (Å²) in [4.78, 5) is 26.2. The van der Waals surface area contributed by atoms with Gasteiger partial charge in [-0.15, -0.1) is 0 Å². The van der Waals surface area contributed by atoms with Crippen LogP contribution in [0.3, 0.4) is 0 Å². The molecule has 1 atom stereocenters. The van der Waals surface area contributed by atoms with Crippen LogP contribution in [0, 0.1) is 17.8 Å². The Morgan fingerprint density at radius 1 is 1.16 bits per heavy atom. The van der Waals surface area contributed by atoms with E-state index in [-0.39, 0.29) is 23.7 Å². The first kappa shape index (κ1) is 13.3. The number of nitrogens with one attached hydrogen (secondary N) is 1. The first-order valence-corrected chi connectivity index (χ1v) is 8.54. The molecule has 3 rings (SSSR count). The van der Waals surface area contributed by atoms with E-state index in [2.05, 4.69) is 5.32 Å². The lowest BCUT2D eigenvalue weighted by molar-refractivity contribution is -0.138. The molecule has 19 heavy (non-hydrogen) atoms. The Morgan fingerprint density at radius 3 is 2.58 bits per heavy atom. The van der Waals surface area contributed by atoms with E-state index in [0.717, 1.165) is 43.4 Å². The predicted molar refractivity (Wildman–Crippen MR) is 75.9 cm³/mol. The zero-order valence-electron chi connectivity index (χ0n) is 11.3. The van der Waals surface area contributed by atoms with Crippen LogP contribution in [0.4, 0.5) is 0 Å². The van der Waals surface area contributed by atoms with Crippen molar-refractivity contribution in [2.75, 3.05) is 31.1 Å². The summed E-state index contributed by atoms with van der Waals surface area (Å²) in [6.45, 7) is 2.31. The van der Waals surface area contributed by atoms with Gasteiger partial charge in [0.1, 0.15) is 0 Å². The molecule has 2 aliphatic heterocycles. The van der Waals surface area contributed by atoms with Gasteiger partial charge in [-0.3, -0.25) is 9.59 Å². The zero-order valence-corrected chi connectivity index (χ0v) is 12.1. The second kappa shape index (κ2) is 5.73. The van der Waals surface area contributed by atoms with Crippen molar-refractivity contribution in [1.29, 1.82) is 0 Å². The van der Waals surface area contributed by atoms with Crippen molar-refractivity contribution >= 4 is 23.6 Å². The summed E-state index contributed by atoms with van der Waals surface area (Å²) < 4.78 is 0. The van der Waals surface area contributed by atoms with E-state index in [1.165, 1.54) is 12.8 Å². The highest BCUT2D eigenvalue weighted by molar-refractivity contribution is 8.00. The number of thioether (sulfide) groups is 1. The number of amides is 2. The standard InChI is InChI=1S/C14H22N2O2S/c17-13(15-6-10-3-4-10)11-2-1-5-16(7-11)14(18)12-8-19-9-12/h10-12H,1-9H2,(H,15,17). The molecule has 0 bridgehead atoms. The zero-order chi connectivity index (χ0) is 13.2. The Kier molecular flexibility index (Phi) is 4.01. The van der Waals surface area contributed by atoms with Crippen LogP contribution in [0.1, 0.15) is 25.7 Å². The third-order valence-electron chi connectivity index (χ3n) is 4.35. The maximum Gasteiger partial charge on any atom is 0.227 e. The molecular weight excluding hydrogens is 260 g/mol. The number of carbonyl (C=O) groups excluding carboxylic acids is 2. The van der Waals surface area contributed by atoms with Gasteiger partial charge >= 0.3 is 0 Å². The SMILES string of the molecule is O=C(NCC1CC1)C1CCCN(C(=O)C2CSC2)C1. The Morgan fingerprint density at radius 2 is 1.95 bits per heavy atom. The molecule has 2 saturated heterocycles. The van der Waals surface area contributed by atoms with Crippen LogP contribution in [0.15, 0.2) is 0 Å². The van der Waals surface area contributed by atoms with Gasteiger partial charge in [-0.1, -0.05) is 0 Å². The maximum absolute atomic E-state index is 12.2. The molecule has 1 aliphatic carbocycles. The summed E-state index contributed by atoms with van der Waals surface area (Å²) in [7, 11) is 0. The number of hydrogen-bond donors (Lipinski definition) is 1. The summed E-state index contributed by atoms with van der Waals surface area (Å²) in [6, 6.07) is 0. The summed E-state index contributed by atoms with van der Waals surface area (Å²) >= 11 is 1.84. The van der Waals surface area contributed by atoms with Crippen molar-refractivity contribution in [3.8, 4) is 0 Å².